The molecule has 0 aromatic heterocycles. The number of hydrogen-bond donors (Lipinski definition) is 1. The summed E-state index contributed by atoms with van der Waals surface area (Å²) in [7, 11) is 0. The highest BCUT2D eigenvalue weighted by Gasteiger charge is 2.37. The van der Waals surface area contributed by atoms with Gasteiger partial charge in [0.05, 0.1) is 19.1 Å². The molecule has 170 valence electrons. The van der Waals surface area contributed by atoms with Crippen LogP contribution in [-0.4, -0.2) is 74.1 Å². The number of amides is 2. The number of carbonyl (C=O) groups is 2. The van der Waals surface area contributed by atoms with Crippen LogP contribution in [0.2, 0.25) is 0 Å². The smallest absolute Gasteiger partial charge is 0.224 e. The fourth-order valence-electron chi connectivity index (χ4n) is 5.47. The summed E-state index contributed by atoms with van der Waals surface area (Å²) in [4.78, 5) is 29.7. The van der Waals surface area contributed by atoms with E-state index in [1.807, 2.05) is 4.90 Å². The van der Waals surface area contributed by atoms with Crippen LogP contribution in [0.3, 0.4) is 0 Å². The van der Waals surface area contributed by atoms with Crippen molar-refractivity contribution in [1.82, 2.24) is 15.1 Å². The van der Waals surface area contributed by atoms with E-state index in [1.54, 1.807) is 0 Å². The Hall–Kier alpha value is -1.92. The van der Waals surface area contributed by atoms with Crippen molar-refractivity contribution in [2.75, 3.05) is 52.5 Å². The summed E-state index contributed by atoms with van der Waals surface area (Å²) >= 11 is 0. The van der Waals surface area contributed by atoms with Gasteiger partial charge in [0.15, 0.2) is 0 Å². The van der Waals surface area contributed by atoms with Crippen LogP contribution in [0.4, 0.5) is 0 Å². The first-order valence-corrected chi connectivity index (χ1v) is 12.1. The van der Waals surface area contributed by atoms with Gasteiger partial charge in [0, 0.05) is 51.1 Å². The van der Waals surface area contributed by atoms with Crippen LogP contribution >= 0.6 is 0 Å². The van der Waals surface area contributed by atoms with Crippen molar-refractivity contribution in [2.45, 2.75) is 50.4 Å². The molecule has 1 aliphatic carbocycles. The molecule has 1 aromatic rings. The summed E-state index contributed by atoms with van der Waals surface area (Å²) in [6.07, 6.45) is 6.82. The van der Waals surface area contributed by atoms with E-state index in [0.717, 1.165) is 58.7 Å². The number of ether oxygens (including phenoxy) is 1. The molecule has 1 aromatic carbocycles. The second kappa shape index (κ2) is 10.6. The molecule has 2 amide bonds. The third-order valence-electron chi connectivity index (χ3n) is 7.42. The number of benzene rings is 1. The van der Waals surface area contributed by atoms with Crippen LogP contribution < -0.4 is 5.32 Å². The molecule has 0 radical (unpaired) electrons. The van der Waals surface area contributed by atoms with Crippen molar-refractivity contribution in [3.05, 3.63) is 35.9 Å². The number of morpholine rings is 1. The molecule has 2 saturated heterocycles. The van der Waals surface area contributed by atoms with Crippen molar-refractivity contribution in [2.24, 2.45) is 5.92 Å². The molecule has 6 heteroatoms. The van der Waals surface area contributed by atoms with Gasteiger partial charge in [-0.25, -0.2) is 0 Å². The van der Waals surface area contributed by atoms with Crippen LogP contribution in [-0.2, 0) is 19.7 Å². The molecular weight excluding hydrogens is 390 g/mol. The van der Waals surface area contributed by atoms with Gasteiger partial charge < -0.3 is 15.0 Å². The number of nitrogens with one attached hydrogen (secondary N) is 1. The lowest BCUT2D eigenvalue weighted by Crippen LogP contribution is -2.48. The molecular formula is C25H37N3O3. The van der Waals surface area contributed by atoms with Crippen molar-refractivity contribution in [3.8, 4) is 0 Å². The highest BCUT2D eigenvalue weighted by molar-refractivity contribution is 5.83. The normalized spacial score (nSPS) is 24.3. The minimum Gasteiger partial charge on any atom is -0.379 e. The van der Waals surface area contributed by atoms with Crippen molar-refractivity contribution >= 4 is 11.8 Å². The van der Waals surface area contributed by atoms with Crippen LogP contribution in [0.5, 0.6) is 0 Å². The second-order valence-corrected chi connectivity index (χ2v) is 9.45. The van der Waals surface area contributed by atoms with Gasteiger partial charge in [0.1, 0.15) is 0 Å². The first-order chi connectivity index (χ1) is 15.2. The fraction of sp³-hybridized carbons (Fsp3) is 0.680. The van der Waals surface area contributed by atoms with E-state index in [1.165, 1.54) is 18.4 Å². The Labute approximate surface area is 186 Å². The Bertz CT molecular complexity index is 727. The third kappa shape index (κ3) is 5.66. The molecule has 3 aliphatic rings. The molecule has 1 N–H and O–H groups in total. The van der Waals surface area contributed by atoms with Crippen LogP contribution in [0.15, 0.2) is 30.3 Å². The fourth-order valence-corrected chi connectivity index (χ4v) is 5.47. The van der Waals surface area contributed by atoms with E-state index in [2.05, 4.69) is 40.5 Å². The maximum Gasteiger partial charge on any atom is 0.224 e. The van der Waals surface area contributed by atoms with Crippen LogP contribution in [0, 0.1) is 5.92 Å². The van der Waals surface area contributed by atoms with E-state index < -0.39 is 0 Å². The largest absolute Gasteiger partial charge is 0.379 e. The molecule has 1 atom stereocenters. The summed E-state index contributed by atoms with van der Waals surface area (Å²) in [5.41, 5.74) is 1.41. The number of likely N-dealkylation sites (tertiary alicyclic amines) is 1. The average Bonchev–Trinajstić information content (AvgIpc) is 3.30. The van der Waals surface area contributed by atoms with E-state index in [-0.39, 0.29) is 23.1 Å². The second-order valence-electron chi connectivity index (χ2n) is 9.45. The Morgan fingerprint density at radius 1 is 1.10 bits per heavy atom. The minimum absolute atomic E-state index is 0.0687. The topological polar surface area (TPSA) is 61.9 Å². The number of nitrogens with zero attached hydrogens (tertiary/aromatic N) is 2. The first kappa shape index (κ1) is 22.3. The maximum absolute atomic E-state index is 13.0. The molecule has 4 rings (SSSR count). The monoisotopic (exact) mass is 427 g/mol. The molecule has 6 nitrogen and oxygen atoms in total. The number of piperidine rings is 1. The van der Waals surface area contributed by atoms with E-state index >= 15 is 0 Å². The zero-order valence-corrected chi connectivity index (χ0v) is 18.7. The molecule has 1 saturated carbocycles. The Balaban J connectivity index is 1.27. The van der Waals surface area contributed by atoms with Gasteiger partial charge in [0.25, 0.3) is 0 Å². The lowest BCUT2D eigenvalue weighted by atomic mass is 9.78. The molecule has 0 spiro atoms. The average molecular weight is 428 g/mol. The minimum atomic E-state index is -0.0877. The predicted octanol–water partition coefficient (Wildman–Crippen LogP) is 2.58. The number of rotatable bonds is 8. The highest BCUT2D eigenvalue weighted by atomic mass is 16.5. The maximum atomic E-state index is 13.0. The summed E-state index contributed by atoms with van der Waals surface area (Å²) < 4.78 is 5.40. The number of hydrogen-bond acceptors (Lipinski definition) is 4. The van der Waals surface area contributed by atoms with E-state index in [0.29, 0.717) is 25.9 Å². The van der Waals surface area contributed by atoms with Crippen LogP contribution in [0.25, 0.3) is 0 Å². The molecule has 2 aliphatic heterocycles. The SMILES string of the molecule is O=C(NCC1(c2ccccc2)CCCC1)[C@@H]1CCC(=O)N(CCCN2CCOCC2)C1. The van der Waals surface area contributed by atoms with Gasteiger partial charge in [0.2, 0.25) is 11.8 Å². The molecule has 2 heterocycles. The van der Waals surface area contributed by atoms with Gasteiger partial charge in [-0.1, -0.05) is 43.2 Å². The zero-order chi connectivity index (χ0) is 21.5. The standard InChI is InChI=1S/C25H37N3O3/c29-23-10-9-21(19-28(23)14-6-13-27-15-17-31-18-16-27)24(30)26-20-25(11-4-5-12-25)22-7-2-1-3-8-22/h1-3,7-8,21H,4-6,9-20H2,(H,26,30)/t21-/m1/s1. The lowest BCUT2D eigenvalue weighted by molar-refractivity contribution is -0.138. The third-order valence-corrected chi connectivity index (χ3v) is 7.42. The Morgan fingerprint density at radius 2 is 1.84 bits per heavy atom. The lowest BCUT2D eigenvalue weighted by Gasteiger charge is -2.34. The zero-order valence-electron chi connectivity index (χ0n) is 18.7. The van der Waals surface area contributed by atoms with Crippen molar-refractivity contribution < 1.29 is 14.3 Å². The Kier molecular flexibility index (Phi) is 7.62. The highest BCUT2D eigenvalue weighted by Crippen LogP contribution is 2.40. The number of carbonyl (C=O) groups excluding carboxylic acids is 2. The first-order valence-electron chi connectivity index (χ1n) is 12.1. The molecule has 0 unspecified atom stereocenters. The molecule has 31 heavy (non-hydrogen) atoms. The van der Waals surface area contributed by atoms with Crippen LogP contribution in [0.1, 0.15) is 50.5 Å². The van der Waals surface area contributed by atoms with Gasteiger partial charge in [-0.15, -0.1) is 0 Å². The summed E-state index contributed by atoms with van der Waals surface area (Å²) in [6.45, 7) is 6.55. The van der Waals surface area contributed by atoms with Gasteiger partial charge >= 0.3 is 0 Å². The van der Waals surface area contributed by atoms with E-state index in [4.69, 9.17) is 4.74 Å². The van der Waals surface area contributed by atoms with E-state index in [9.17, 15) is 9.59 Å². The molecule has 0 bridgehead atoms. The predicted molar refractivity (Wildman–Crippen MR) is 121 cm³/mol. The summed E-state index contributed by atoms with van der Waals surface area (Å²) in [6, 6.07) is 10.6. The summed E-state index contributed by atoms with van der Waals surface area (Å²) in [5.74, 6) is 0.228. The van der Waals surface area contributed by atoms with Gasteiger partial charge in [-0.05, 0) is 31.2 Å². The van der Waals surface area contributed by atoms with Gasteiger partial charge in [-0.3, -0.25) is 14.5 Å². The van der Waals surface area contributed by atoms with Crippen molar-refractivity contribution in [3.63, 3.8) is 0 Å². The van der Waals surface area contributed by atoms with Gasteiger partial charge in [-0.2, -0.15) is 0 Å². The quantitative estimate of drug-likeness (QED) is 0.693. The van der Waals surface area contributed by atoms with Crippen molar-refractivity contribution in [1.29, 1.82) is 0 Å². The summed E-state index contributed by atoms with van der Waals surface area (Å²) in [5, 5.41) is 3.28. The Morgan fingerprint density at radius 3 is 2.58 bits per heavy atom. The molecule has 3 fully saturated rings.